The Morgan fingerprint density at radius 2 is 1.80 bits per heavy atom. The Labute approximate surface area is 122 Å². The molecule has 0 saturated heterocycles. The van der Waals surface area contributed by atoms with Gasteiger partial charge in [-0.2, -0.15) is 0 Å². The van der Waals surface area contributed by atoms with Crippen LogP contribution in [-0.4, -0.2) is 8.42 Å². The Morgan fingerprint density at radius 3 is 2.45 bits per heavy atom. The van der Waals surface area contributed by atoms with Crippen molar-refractivity contribution in [1.29, 1.82) is 0 Å². The smallest absolute Gasteiger partial charge is 0.238 e. The first-order valence-corrected chi connectivity index (χ1v) is 7.56. The third-order valence-corrected chi connectivity index (χ3v) is 3.84. The van der Waals surface area contributed by atoms with Crippen molar-refractivity contribution in [3.8, 4) is 11.5 Å². The van der Waals surface area contributed by atoms with Crippen LogP contribution in [0.15, 0.2) is 41.3 Å². The van der Waals surface area contributed by atoms with E-state index in [2.05, 4.69) is 0 Å². The molecule has 0 aromatic heterocycles. The number of halogens is 1. The Bertz CT molecular complexity index is 760. The van der Waals surface area contributed by atoms with Crippen LogP contribution < -0.4 is 15.6 Å². The van der Waals surface area contributed by atoms with Gasteiger partial charge in [0.25, 0.3) is 0 Å². The number of nitrogens with two attached hydrogens (primary N) is 2. The SMILES string of the molecule is Cc1ccc(Cl)c(Oc2cc(S(N)(=O)=O)ccc2N)c1. The highest BCUT2D eigenvalue weighted by Gasteiger charge is 2.13. The van der Waals surface area contributed by atoms with Crippen molar-refractivity contribution >= 4 is 27.3 Å². The molecule has 0 amide bonds. The van der Waals surface area contributed by atoms with Gasteiger partial charge in [0.1, 0.15) is 5.75 Å². The van der Waals surface area contributed by atoms with Crippen molar-refractivity contribution in [2.24, 2.45) is 5.14 Å². The van der Waals surface area contributed by atoms with E-state index in [1.165, 1.54) is 18.2 Å². The van der Waals surface area contributed by atoms with Gasteiger partial charge >= 0.3 is 0 Å². The number of benzene rings is 2. The van der Waals surface area contributed by atoms with Gasteiger partial charge in [0.2, 0.25) is 10.0 Å². The summed E-state index contributed by atoms with van der Waals surface area (Å²) in [7, 11) is -3.82. The number of sulfonamides is 1. The summed E-state index contributed by atoms with van der Waals surface area (Å²) < 4.78 is 28.2. The molecule has 2 aromatic carbocycles. The number of hydrogen-bond acceptors (Lipinski definition) is 4. The maximum Gasteiger partial charge on any atom is 0.238 e. The number of aryl methyl sites for hydroxylation is 1. The maximum absolute atomic E-state index is 11.3. The summed E-state index contributed by atoms with van der Waals surface area (Å²) in [4.78, 5) is -0.0783. The Morgan fingerprint density at radius 1 is 1.10 bits per heavy atom. The van der Waals surface area contributed by atoms with Crippen molar-refractivity contribution in [3.63, 3.8) is 0 Å². The van der Waals surface area contributed by atoms with E-state index in [-0.39, 0.29) is 16.3 Å². The van der Waals surface area contributed by atoms with E-state index in [1.54, 1.807) is 12.1 Å². The van der Waals surface area contributed by atoms with Crippen LogP contribution in [0.2, 0.25) is 5.02 Å². The summed E-state index contributed by atoms with van der Waals surface area (Å²) in [6.45, 7) is 1.88. The number of primary sulfonamides is 1. The molecule has 7 heteroatoms. The average Bonchev–Trinajstić information content (AvgIpc) is 2.35. The Balaban J connectivity index is 2.45. The molecule has 20 heavy (non-hydrogen) atoms. The average molecular weight is 313 g/mol. The lowest BCUT2D eigenvalue weighted by Gasteiger charge is -2.11. The zero-order chi connectivity index (χ0) is 14.9. The first-order chi connectivity index (χ1) is 9.27. The fourth-order valence-corrected chi connectivity index (χ4v) is 2.27. The van der Waals surface area contributed by atoms with E-state index in [4.69, 9.17) is 27.2 Å². The lowest BCUT2D eigenvalue weighted by atomic mass is 10.2. The van der Waals surface area contributed by atoms with Crippen LogP contribution in [0.4, 0.5) is 5.69 Å². The fraction of sp³-hybridized carbons (Fsp3) is 0.0769. The highest BCUT2D eigenvalue weighted by Crippen LogP contribution is 2.34. The first-order valence-electron chi connectivity index (χ1n) is 5.64. The second-order valence-corrected chi connectivity index (χ2v) is 6.25. The largest absolute Gasteiger partial charge is 0.454 e. The minimum absolute atomic E-state index is 0.0783. The Kier molecular flexibility index (Phi) is 3.89. The van der Waals surface area contributed by atoms with Crippen LogP contribution in [0.25, 0.3) is 0 Å². The predicted octanol–water partition coefficient (Wildman–Crippen LogP) is 2.67. The second-order valence-electron chi connectivity index (χ2n) is 4.28. The van der Waals surface area contributed by atoms with Gasteiger partial charge < -0.3 is 10.5 Å². The third-order valence-electron chi connectivity index (χ3n) is 2.62. The molecule has 0 radical (unpaired) electrons. The molecule has 0 fully saturated rings. The monoisotopic (exact) mass is 312 g/mol. The van der Waals surface area contributed by atoms with Gasteiger partial charge in [0.05, 0.1) is 15.6 Å². The van der Waals surface area contributed by atoms with E-state index >= 15 is 0 Å². The van der Waals surface area contributed by atoms with Gasteiger partial charge in [-0.15, -0.1) is 0 Å². The summed E-state index contributed by atoms with van der Waals surface area (Å²) in [5.74, 6) is 0.578. The van der Waals surface area contributed by atoms with Crippen LogP contribution in [0.1, 0.15) is 5.56 Å². The summed E-state index contributed by atoms with van der Waals surface area (Å²) >= 11 is 6.02. The van der Waals surface area contributed by atoms with E-state index < -0.39 is 10.0 Å². The van der Waals surface area contributed by atoms with Crippen LogP contribution >= 0.6 is 11.6 Å². The Hall–Kier alpha value is -1.76. The second kappa shape index (κ2) is 5.32. The van der Waals surface area contributed by atoms with Crippen LogP contribution in [0.5, 0.6) is 11.5 Å². The van der Waals surface area contributed by atoms with Crippen LogP contribution in [-0.2, 0) is 10.0 Å². The number of ether oxygens (including phenoxy) is 1. The molecule has 0 aliphatic heterocycles. The molecular weight excluding hydrogens is 300 g/mol. The molecule has 106 valence electrons. The zero-order valence-corrected chi connectivity index (χ0v) is 12.2. The summed E-state index contributed by atoms with van der Waals surface area (Å²) in [5.41, 5.74) is 7.00. The molecule has 0 atom stereocenters. The van der Waals surface area contributed by atoms with E-state index in [0.29, 0.717) is 10.8 Å². The quantitative estimate of drug-likeness (QED) is 0.852. The first kappa shape index (κ1) is 14.6. The highest BCUT2D eigenvalue weighted by molar-refractivity contribution is 7.89. The molecule has 0 heterocycles. The molecule has 0 spiro atoms. The predicted molar refractivity (Wildman–Crippen MR) is 78.5 cm³/mol. The minimum atomic E-state index is -3.82. The highest BCUT2D eigenvalue weighted by atomic mass is 35.5. The van der Waals surface area contributed by atoms with Gasteiger partial charge in [-0.3, -0.25) is 0 Å². The lowest BCUT2D eigenvalue weighted by molar-refractivity contribution is 0.483. The van der Waals surface area contributed by atoms with Crippen molar-refractivity contribution < 1.29 is 13.2 Å². The number of hydrogen-bond donors (Lipinski definition) is 2. The normalized spacial score (nSPS) is 11.3. The molecule has 0 bridgehead atoms. The number of rotatable bonds is 3. The molecule has 2 aromatic rings. The van der Waals surface area contributed by atoms with Crippen molar-refractivity contribution in [1.82, 2.24) is 0 Å². The third kappa shape index (κ3) is 3.22. The van der Waals surface area contributed by atoms with Gasteiger partial charge in [-0.1, -0.05) is 17.7 Å². The lowest BCUT2D eigenvalue weighted by Crippen LogP contribution is -2.12. The fourth-order valence-electron chi connectivity index (χ4n) is 1.59. The van der Waals surface area contributed by atoms with E-state index in [9.17, 15) is 8.42 Å². The number of nitrogen functional groups attached to an aromatic ring is 1. The number of anilines is 1. The molecule has 5 nitrogen and oxygen atoms in total. The molecule has 0 saturated carbocycles. The van der Waals surface area contributed by atoms with Crippen molar-refractivity contribution in [3.05, 3.63) is 47.0 Å². The molecular formula is C13H13ClN2O3S. The molecule has 4 N–H and O–H groups in total. The van der Waals surface area contributed by atoms with Gasteiger partial charge in [0, 0.05) is 6.07 Å². The van der Waals surface area contributed by atoms with Crippen LogP contribution in [0.3, 0.4) is 0 Å². The van der Waals surface area contributed by atoms with Crippen LogP contribution in [0, 0.1) is 6.92 Å². The van der Waals surface area contributed by atoms with E-state index in [1.807, 2.05) is 13.0 Å². The van der Waals surface area contributed by atoms with E-state index in [0.717, 1.165) is 5.56 Å². The maximum atomic E-state index is 11.3. The zero-order valence-electron chi connectivity index (χ0n) is 10.6. The molecule has 0 aliphatic carbocycles. The molecule has 0 unspecified atom stereocenters. The van der Waals surface area contributed by atoms with Crippen molar-refractivity contribution in [2.45, 2.75) is 11.8 Å². The summed E-state index contributed by atoms with van der Waals surface area (Å²) in [6.07, 6.45) is 0. The minimum Gasteiger partial charge on any atom is -0.454 e. The topological polar surface area (TPSA) is 95.4 Å². The van der Waals surface area contributed by atoms with Crippen molar-refractivity contribution in [2.75, 3.05) is 5.73 Å². The molecule has 2 rings (SSSR count). The molecule has 0 aliphatic rings. The standard InChI is InChI=1S/C13H13ClN2O3S/c1-8-2-4-10(14)12(6-8)19-13-7-9(20(16,17)18)3-5-11(13)15/h2-7H,15H2,1H3,(H2,16,17,18). The summed E-state index contributed by atoms with van der Waals surface area (Å²) in [5, 5.41) is 5.47. The van der Waals surface area contributed by atoms with Gasteiger partial charge in [-0.25, -0.2) is 13.6 Å². The summed E-state index contributed by atoms with van der Waals surface area (Å²) in [6, 6.07) is 9.24. The van der Waals surface area contributed by atoms with Gasteiger partial charge in [0.15, 0.2) is 5.75 Å². The van der Waals surface area contributed by atoms with Gasteiger partial charge in [-0.05, 0) is 36.8 Å².